The highest BCUT2D eigenvalue weighted by atomic mass is 32.2. The molecular formula is C10H13NO3S. The summed E-state index contributed by atoms with van der Waals surface area (Å²) in [7, 11) is 1.61. The summed E-state index contributed by atoms with van der Waals surface area (Å²) < 4.78 is 26.2. The van der Waals surface area contributed by atoms with E-state index in [0.29, 0.717) is 0 Å². The molecule has 0 saturated heterocycles. The van der Waals surface area contributed by atoms with E-state index in [1.165, 1.54) is 6.20 Å². The van der Waals surface area contributed by atoms with Crippen LogP contribution in [0, 0.1) is 0 Å². The lowest BCUT2D eigenvalue weighted by molar-refractivity contribution is 0.415. The summed E-state index contributed by atoms with van der Waals surface area (Å²) in [5.74, 6) is 0.783. The topological polar surface area (TPSA) is 58.6 Å². The van der Waals surface area contributed by atoms with Crippen molar-refractivity contribution in [2.45, 2.75) is 6.92 Å². The van der Waals surface area contributed by atoms with Crippen molar-refractivity contribution in [1.29, 1.82) is 0 Å². The lowest BCUT2D eigenvalue weighted by Gasteiger charge is -2.03. The highest BCUT2D eigenvalue weighted by molar-refractivity contribution is 7.77. The average molecular weight is 227 g/mol. The summed E-state index contributed by atoms with van der Waals surface area (Å²) in [6.07, 6.45) is 1.50. The Labute approximate surface area is 91.4 Å². The fraction of sp³-hybridized carbons (Fsp3) is 0.200. The van der Waals surface area contributed by atoms with E-state index in [1.807, 2.05) is 31.2 Å². The fourth-order valence-corrected chi connectivity index (χ4v) is 1.35. The molecule has 0 fully saturated rings. The van der Waals surface area contributed by atoms with Crippen LogP contribution in [0.25, 0.3) is 5.57 Å². The number of allylic oxidation sites excluding steroid dienone is 1. The predicted octanol–water partition coefficient (Wildman–Crippen LogP) is 1.78. The van der Waals surface area contributed by atoms with Crippen LogP contribution >= 0.6 is 0 Å². The van der Waals surface area contributed by atoms with Crippen LogP contribution in [0.15, 0.2) is 30.5 Å². The van der Waals surface area contributed by atoms with Gasteiger partial charge in [0.1, 0.15) is 5.75 Å². The molecule has 1 aromatic rings. The number of rotatable bonds is 4. The zero-order valence-electron chi connectivity index (χ0n) is 8.56. The van der Waals surface area contributed by atoms with Crippen molar-refractivity contribution in [2.75, 3.05) is 7.11 Å². The minimum Gasteiger partial charge on any atom is -0.497 e. The molecule has 0 aliphatic carbocycles. The maximum atomic E-state index is 10.4. The Morgan fingerprint density at radius 2 is 2.07 bits per heavy atom. The van der Waals surface area contributed by atoms with Crippen molar-refractivity contribution >= 4 is 16.8 Å². The van der Waals surface area contributed by atoms with Gasteiger partial charge in [0.2, 0.25) is 0 Å². The van der Waals surface area contributed by atoms with Crippen molar-refractivity contribution in [3.63, 3.8) is 0 Å². The number of methoxy groups -OCH3 is 1. The molecule has 5 heteroatoms. The van der Waals surface area contributed by atoms with Crippen LogP contribution in [0.1, 0.15) is 12.5 Å². The smallest absolute Gasteiger partial charge is 0.258 e. The Morgan fingerprint density at radius 3 is 2.53 bits per heavy atom. The molecule has 1 atom stereocenters. The molecule has 0 saturated carbocycles. The third kappa shape index (κ3) is 3.73. The van der Waals surface area contributed by atoms with Crippen LogP contribution in [0.5, 0.6) is 5.75 Å². The van der Waals surface area contributed by atoms with Crippen molar-refractivity contribution in [2.24, 2.45) is 0 Å². The van der Waals surface area contributed by atoms with Crippen molar-refractivity contribution in [1.82, 2.24) is 4.72 Å². The van der Waals surface area contributed by atoms with E-state index in [-0.39, 0.29) is 0 Å². The molecule has 2 N–H and O–H groups in total. The summed E-state index contributed by atoms with van der Waals surface area (Å²) in [5.41, 5.74) is 1.84. The van der Waals surface area contributed by atoms with Gasteiger partial charge in [0, 0.05) is 6.20 Å². The van der Waals surface area contributed by atoms with Crippen LogP contribution < -0.4 is 9.46 Å². The quantitative estimate of drug-likeness (QED) is 0.771. The number of benzene rings is 1. The molecule has 0 aromatic heterocycles. The minimum atomic E-state index is -2.02. The van der Waals surface area contributed by atoms with Gasteiger partial charge in [-0.25, -0.2) is 4.21 Å². The van der Waals surface area contributed by atoms with Gasteiger partial charge in [-0.1, -0.05) is 12.1 Å². The molecule has 1 aromatic carbocycles. The van der Waals surface area contributed by atoms with E-state index in [9.17, 15) is 4.21 Å². The largest absolute Gasteiger partial charge is 0.497 e. The Balaban J connectivity index is 2.77. The molecule has 0 bridgehead atoms. The monoisotopic (exact) mass is 227 g/mol. The molecule has 4 nitrogen and oxygen atoms in total. The summed E-state index contributed by atoms with van der Waals surface area (Å²) in [4.78, 5) is 0. The maximum Gasteiger partial charge on any atom is 0.258 e. The number of ether oxygens (including phenoxy) is 1. The summed E-state index contributed by atoms with van der Waals surface area (Å²) in [6, 6.07) is 7.43. The van der Waals surface area contributed by atoms with Crippen molar-refractivity contribution < 1.29 is 13.5 Å². The number of hydrogen-bond donors (Lipinski definition) is 2. The highest BCUT2D eigenvalue weighted by Crippen LogP contribution is 2.17. The number of hydrogen-bond acceptors (Lipinski definition) is 2. The fourth-order valence-electron chi connectivity index (χ4n) is 1.08. The molecule has 1 unspecified atom stereocenters. The van der Waals surface area contributed by atoms with Gasteiger partial charge in [0.05, 0.1) is 7.11 Å². The van der Waals surface area contributed by atoms with E-state index in [1.54, 1.807) is 7.11 Å². The van der Waals surface area contributed by atoms with Crippen LogP contribution in [0.4, 0.5) is 0 Å². The second-order valence-corrected chi connectivity index (χ2v) is 3.66. The first-order valence-electron chi connectivity index (χ1n) is 4.31. The van der Waals surface area contributed by atoms with E-state index in [0.717, 1.165) is 16.9 Å². The first-order valence-corrected chi connectivity index (χ1v) is 5.42. The molecular weight excluding hydrogens is 214 g/mol. The normalized spacial score (nSPS) is 13.4. The standard InChI is InChI=1S/C10H13NO3S/c1-8(7-11-15(12)13)9-3-5-10(14-2)6-4-9/h3-7,11H,1-2H3,(H,12,13). The van der Waals surface area contributed by atoms with Gasteiger partial charge in [0.15, 0.2) is 0 Å². The Bertz CT molecular complexity index is 373. The molecule has 1 rings (SSSR count). The first-order chi connectivity index (χ1) is 7.13. The van der Waals surface area contributed by atoms with Crippen LogP contribution in [-0.4, -0.2) is 15.9 Å². The maximum absolute atomic E-state index is 10.4. The second kappa shape index (κ2) is 5.53. The molecule has 0 heterocycles. The predicted molar refractivity (Wildman–Crippen MR) is 60.6 cm³/mol. The summed E-state index contributed by atoms with van der Waals surface area (Å²) in [6.45, 7) is 1.85. The van der Waals surface area contributed by atoms with E-state index < -0.39 is 11.3 Å². The van der Waals surface area contributed by atoms with E-state index in [2.05, 4.69) is 4.72 Å². The highest BCUT2D eigenvalue weighted by Gasteiger charge is 1.96. The van der Waals surface area contributed by atoms with E-state index in [4.69, 9.17) is 9.29 Å². The van der Waals surface area contributed by atoms with E-state index >= 15 is 0 Å². The van der Waals surface area contributed by atoms with Gasteiger partial charge in [-0.3, -0.25) is 9.27 Å². The molecule has 0 aliphatic heterocycles. The third-order valence-corrected chi connectivity index (χ3v) is 2.24. The first kappa shape index (κ1) is 11.7. The van der Waals surface area contributed by atoms with Crippen LogP contribution in [-0.2, 0) is 11.3 Å². The molecule has 0 spiro atoms. The van der Waals surface area contributed by atoms with Gasteiger partial charge >= 0.3 is 0 Å². The Kier molecular flexibility index (Phi) is 4.33. The lowest BCUT2D eigenvalue weighted by Crippen LogP contribution is -2.07. The SMILES string of the molecule is COc1ccc(C(C)=CNS(=O)O)cc1. The summed E-state index contributed by atoms with van der Waals surface area (Å²) >= 11 is -2.02. The Morgan fingerprint density at radius 1 is 1.47 bits per heavy atom. The Hall–Kier alpha value is -1.33. The van der Waals surface area contributed by atoms with Crippen molar-refractivity contribution in [3.8, 4) is 5.75 Å². The van der Waals surface area contributed by atoms with Gasteiger partial charge in [-0.15, -0.1) is 0 Å². The minimum absolute atomic E-state index is 0.783. The van der Waals surface area contributed by atoms with Gasteiger partial charge in [0.25, 0.3) is 11.3 Å². The van der Waals surface area contributed by atoms with Gasteiger partial charge < -0.3 is 4.74 Å². The molecule has 82 valence electrons. The molecule has 0 aliphatic rings. The number of nitrogens with one attached hydrogen (secondary N) is 1. The summed E-state index contributed by atoms with van der Waals surface area (Å²) in [5, 5.41) is 0. The van der Waals surface area contributed by atoms with Crippen LogP contribution in [0.2, 0.25) is 0 Å². The molecule has 0 radical (unpaired) electrons. The molecule has 0 amide bonds. The van der Waals surface area contributed by atoms with Crippen molar-refractivity contribution in [3.05, 3.63) is 36.0 Å². The molecule has 15 heavy (non-hydrogen) atoms. The zero-order valence-corrected chi connectivity index (χ0v) is 9.38. The zero-order chi connectivity index (χ0) is 11.3. The lowest BCUT2D eigenvalue weighted by atomic mass is 10.1. The van der Waals surface area contributed by atoms with Gasteiger partial charge in [-0.2, -0.15) is 0 Å². The second-order valence-electron chi connectivity index (χ2n) is 2.92. The van der Waals surface area contributed by atoms with Gasteiger partial charge in [-0.05, 0) is 30.2 Å². The third-order valence-electron chi connectivity index (χ3n) is 1.92. The van der Waals surface area contributed by atoms with Crippen LogP contribution in [0.3, 0.4) is 0 Å². The average Bonchev–Trinajstić information content (AvgIpc) is 2.26.